The van der Waals surface area contributed by atoms with Crippen molar-refractivity contribution in [3.8, 4) is 11.3 Å². The molecular weight excluding hydrogens is 416 g/mol. The Bertz CT molecular complexity index is 1160. The second-order valence-electron chi connectivity index (χ2n) is 8.48. The lowest BCUT2D eigenvalue weighted by atomic mass is 9.95. The van der Waals surface area contributed by atoms with Crippen molar-refractivity contribution < 1.29 is 9.59 Å². The maximum atomic E-state index is 12.8. The summed E-state index contributed by atoms with van der Waals surface area (Å²) in [6, 6.07) is 16.9. The van der Waals surface area contributed by atoms with Gasteiger partial charge >= 0.3 is 6.03 Å². The van der Waals surface area contributed by atoms with Crippen molar-refractivity contribution in [1.29, 1.82) is 0 Å². The molecule has 3 aromatic rings. The summed E-state index contributed by atoms with van der Waals surface area (Å²) in [4.78, 5) is 25.5. The highest BCUT2D eigenvalue weighted by Gasteiger charge is 2.34. The van der Waals surface area contributed by atoms with Crippen LogP contribution in [0.15, 0.2) is 54.6 Å². The minimum atomic E-state index is -0.579. The predicted octanol–water partition coefficient (Wildman–Crippen LogP) is 4.40. The van der Waals surface area contributed by atoms with E-state index in [2.05, 4.69) is 21.3 Å². The van der Waals surface area contributed by atoms with Crippen molar-refractivity contribution in [3.05, 3.63) is 65.7 Å². The molecule has 1 fully saturated rings. The zero-order valence-electron chi connectivity index (χ0n) is 19.3. The van der Waals surface area contributed by atoms with Crippen LogP contribution in [0.4, 0.5) is 16.3 Å². The molecule has 1 aliphatic heterocycles. The molecule has 2 aromatic carbocycles. The fourth-order valence-corrected chi connectivity index (χ4v) is 4.08. The highest BCUT2D eigenvalue weighted by molar-refractivity contribution is 5.99. The van der Waals surface area contributed by atoms with E-state index in [4.69, 9.17) is 5.10 Å². The summed E-state index contributed by atoms with van der Waals surface area (Å²) >= 11 is 0. The maximum Gasteiger partial charge on any atom is 0.324 e. The fourth-order valence-electron chi connectivity index (χ4n) is 4.08. The number of carbonyl (C=O) groups excluding carboxylic acids is 2. The molecule has 3 amide bonds. The first-order valence-electron chi connectivity index (χ1n) is 11.2. The number of hydrogen-bond acceptors (Lipinski definition) is 4. The van der Waals surface area contributed by atoms with E-state index < -0.39 is 6.29 Å². The zero-order valence-corrected chi connectivity index (χ0v) is 19.3. The average Bonchev–Trinajstić information content (AvgIpc) is 3.20. The average molecular weight is 447 g/mol. The summed E-state index contributed by atoms with van der Waals surface area (Å²) in [5.41, 5.74) is 4.56. The Labute approximate surface area is 193 Å². The normalized spacial score (nSPS) is 20.2. The van der Waals surface area contributed by atoms with Crippen molar-refractivity contribution in [1.82, 2.24) is 20.4 Å². The number of nitrogens with one attached hydrogen (secondary N) is 4. The number of anilines is 2. The van der Waals surface area contributed by atoms with Crippen molar-refractivity contribution in [2.75, 3.05) is 10.6 Å². The van der Waals surface area contributed by atoms with Crippen molar-refractivity contribution in [2.24, 2.45) is 5.92 Å². The number of hydrogen-bond donors (Lipinski definition) is 4. The first-order valence-corrected chi connectivity index (χ1v) is 11.2. The van der Waals surface area contributed by atoms with Crippen LogP contribution in [0.5, 0.6) is 0 Å². The Morgan fingerprint density at radius 2 is 1.82 bits per heavy atom. The van der Waals surface area contributed by atoms with Gasteiger partial charge in [0.2, 0.25) is 5.91 Å². The largest absolute Gasteiger partial charge is 0.324 e. The lowest BCUT2D eigenvalue weighted by Crippen LogP contribution is -2.57. The third-order valence-electron chi connectivity index (χ3n) is 6.14. The lowest BCUT2D eigenvalue weighted by Gasteiger charge is -2.35. The van der Waals surface area contributed by atoms with Gasteiger partial charge in [0.15, 0.2) is 6.29 Å². The Morgan fingerprint density at radius 1 is 1.06 bits per heavy atom. The molecule has 3 atom stereocenters. The summed E-state index contributed by atoms with van der Waals surface area (Å²) in [6.45, 7) is 8.01. The third kappa shape index (κ3) is 4.90. The molecule has 8 heteroatoms. The Morgan fingerprint density at radius 3 is 2.48 bits per heavy atom. The van der Waals surface area contributed by atoms with E-state index in [0.717, 1.165) is 23.1 Å². The monoisotopic (exact) mass is 446 g/mol. The molecule has 0 bridgehead atoms. The van der Waals surface area contributed by atoms with Crippen LogP contribution < -0.4 is 21.3 Å². The smallest absolute Gasteiger partial charge is 0.322 e. The van der Waals surface area contributed by atoms with Crippen LogP contribution in [-0.2, 0) is 4.79 Å². The minimum Gasteiger partial charge on any atom is -0.322 e. The molecule has 0 spiro atoms. The number of carbonyl (C=O) groups is 2. The van der Waals surface area contributed by atoms with Gasteiger partial charge in [-0.2, -0.15) is 5.10 Å². The van der Waals surface area contributed by atoms with Crippen LogP contribution in [-0.4, -0.2) is 27.8 Å². The highest BCUT2D eigenvalue weighted by atomic mass is 16.2. The number of urea groups is 1. The molecule has 0 radical (unpaired) electrons. The molecule has 33 heavy (non-hydrogen) atoms. The quantitative estimate of drug-likeness (QED) is 0.467. The fraction of sp³-hybridized carbons (Fsp3) is 0.320. The van der Waals surface area contributed by atoms with E-state index >= 15 is 0 Å². The number of benzene rings is 2. The summed E-state index contributed by atoms with van der Waals surface area (Å²) < 4.78 is 1.61. The molecule has 1 aromatic heterocycles. The molecule has 4 N–H and O–H groups in total. The van der Waals surface area contributed by atoms with Crippen LogP contribution in [0.25, 0.3) is 11.3 Å². The van der Waals surface area contributed by atoms with E-state index in [1.54, 1.807) is 10.7 Å². The van der Waals surface area contributed by atoms with Crippen molar-refractivity contribution in [3.63, 3.8) is 0 Å². The molecule has 4 rings (SSSR count). The van der Waals surface area contributed by atoms with Crippen molar-refractivity contribution >= 4 is 23.4 Å². The SMILES string of the molecule is CCC1C(=O)NC(n2nc(-c3ccccc3)cc2NC(=O)Nc2ccc(C)c(C)c2)NC1C. The van der Waals surface area contributed by atoms with Gasteiger partial charge in [-0.05, 0) is 50.5 Å². The molecule has 0 saturated carbocycles. The van der Waals surface area contributed by atoms with Gasteiger partial charge in [-0.3, -0.25) is 15.4 Å². The van der Waals surface area contributed by atoms with Crippen LogP contribution in [0, 0.1) is 19.8 Å². The van der Waals surface area contributed by atoms with Gasteiger partial charge in [0.1, 0.15) is 5.82 Å². The molecule has 3 unspecified atom stereocenters. The van der Waals surface area contributed by atoms with Gasteiger partial charge in [-0.1, -0.05) is 43.3 Å². The Hall–Kier alpha value is -3.65. The number of rotatable bonds is 5. The van der Waals surface area contributed by atoms with E-state index in [1.165, 1.54) is 0 Å². The predicted molar refractivity (Wildman–Crippen MR) is 130 cm³/mol. The van der Waals surface area contributed by atoms with Gasteiger partial charge in [-0.25, -0.2) is 9.48 Å². The number of amides is 3. The van der Waals surface area contributed by atoms with E-state index in [1.807, 2.05) is 76.2 Å². The molecule has 1 aliphatic rings. The molecule has 1 saturated heterocycles. The lowest BCUT2D eigenvalue weighted by molar-refractivity contribution is -0.130. The number of nitrogens with zero attached hydrogens (tertiary/aromatic N) is 2. The summed E-state index contributed by atoms with van der Waals surface area (Å²) in [5.74, 6) is 0.320. The van der Waals surface area contributed by atoms with E-state index in [-0.39, 0.29) is 23.9 Å². The molecule has 8 nitrogen and oxygen atoms in total. The Balaban J connectivity index is 1.61. The van der Waals surface area contributed by atoms with Crippen LogP contribution in [0.3, 0.4) is 0 Å². The summed E-state index contributed by atoms with van der Waals surface area (Å²) in [5, 5.41) is 16.9. The highest BCUT2D eigenvalue weighted by Crippen LogP contribution is 2.26. The van der Waals surface area contributed by atoms with Gasteiger partial charge in [0, 0.05) is 23.4 Å². The molecule has 172 valence electrons. The number of aromatic nitrogens is 2. The Kier molecular flexibility index (Phi) is 6.46. The third-order valence-corrected chi connectivity index (χ3v) is 6.14. The van der Waals surface area contributed by atoms with E-state index in [9.17, 15) is 9.59 Å². The van der Waals surface area contributed by atoms with Crippen LogP contribution in [0.1, 0.15) is 37.7 Å². The number of aryl methyl sites for hydroxylation is 2. The van der Waals surface area contributed by atoms with Gasteiger partial charge in [0.25, 0.3) is 0 Å². The zero-order chi connectivity index (χ0) is 23.5. The topological polar surface area (TPSA) is 100 Å². The second-order valence-corrected chi connectivity index (χ2v) is 8.48. The summed E-state index contributed by atoms with van der Waals surface area (Å²) in [6.07, 6.45) is 0.162. The van der Waals surface area contributed by atoms with Crippen molar-refractivity contribution in [2.45, 2.75) is 46.4 Å². The molecule has 2 heterocycles. The van der Waals surface area contributed by atoms with Crippen LogP contribution >= 0.6 is 0 Å². The minimum absolute atomic E-state index is 0.0314. The first kappa shape index (κ1) is 22.5. The molecule has 0 aliphatic carbocycles. The van der Waals surface area contributed by atoms with Gasteiger partial charge in [-0.15, -0.1) is 0 Å². The van der Waals surface area contributed by atoms with Crippen LogP contribution in [0.2, 0.25) is 0 Å². The molecular formula is C25H30N6O2. The first-order chi connectivity index (χ1) is 15.9. The summed E-state index contributed by atoms with van der Waals surface area (Å²) in [7, 11) is 0. The maximum absolute atomic E-state index is 12.8. The van der Waals surface area contributed by atoms with E-state index in [0.29, 0.717) is 17.2 Å². The second kappa shape index (κ2) is 9.46. The standard InChI is InChI=1S/C25H30N6O2/c1-5-20-17(4)26-24(29-23(20)32)31-22(14-21(30-31)18-9-7-6-8-10-18)28-25(33)27-19-12-11-15(2)16(3)13-19/h6-14,17,20,24,26H,5H2,1-4H3,(H,29,32)(H2,27,28,33). The van der Waals surface area contributed by atoms with Gasteiger partial charge < -0.3 is 10.6 Å². The van der Waals surface area contributed by atoms with Gasteiger partial charge in [0.05, 0.1) is 11.6 Å².